The number of carbonyl (C=O) groups is 1. The minimum atomic E-state index is -3.75. The molecule has 0 radical (unpaired) electrons. The number of carbonyl (C=O) groups excluding carboxylic acids is 1. The van der Waals surface area contributed by atoms with Gasteiger partial charge in [0.25, 0.3) is 10.0 Å². The van der Waals surface area contributed by atoms with E-state index in [0.29, 0.717) is 18.8 Å². The molecule has 0 unspecified atom stereocenters. The fourth-order valence-corrected chi connectivity index (χ4v) is 6.60. The maximum Gasteiger partial charge on any atom is 0.250 e. The number of hydrogen-bond donors (Lipinski definition) is 2. The third kappa shape index (κ3) is 5.64. The second-order valence-corrected chi connectivity index (χ2v) is 11.5. The Hall–Kier alpha value is -1.79. The Morgan fingerprint density at radius 1 is 1.00 bits per heavy atom. The summed E-state index contributed by atoms with van der Waals surface area (Å²) in [5, 5.41) is 4.17. The van der Waals surface area contributed by atoms with E-state index in [-0.39, 0.29) is 9.10 Å². The molecule has 1 aromatic carbocycles. The first-order chi connectivity index (χ1) is 13.8. The summed E-state index contributed by atoms with van der Waals surface area (Å²) in [5.74, 6) is -0.588. The molecule has 29 heavy (non-hydrogen) atoms. The molecule has 1 aliphatic rings. The maximum absolute atomic E-state index is 12.9. The Kier molecular flexibility index (Phi) is 7.06. The van der Waals surface area contributed by atoms with E-state index in [1.54, 1.807) is 23.6 Å². The zero-order chi connectivity index (χ0) is 20.9. The second-order valence-electron chi connectivity index (χ2n) is 6.65. The largest absolute Gasteiger partial charge is 0.325 e. The van der Waals surface area contributed by atoms with Gasteiger partial charge in [-0.2, -0.15) is 4.31 Å². The molecule has 2 N–H and O–H groups in total. The van der Waals surface area contributed by atoms with E-state index in [9.17, 15) is 21.6 Å². The number of thiophene rings is 1. The van der Waals surface area contributed by atoms with Crippen LogP contribution in [0.1, 0.15) is 25.7 Å². The summed E-state index contributed by atoms with van der Waals surface area (Å²) in [7, 11) is -7.39. The van der Waals surface area contributed by atoms with Crippen molar-refractivity contribution in [1.29, 1.82) is 0 Å². The van der Waals surface area contributed by atoms with E-state index in [4.69, 9.17) is 0 Å². The van der Waals surface area contributed by atoms with Gasteiger partial charge in [-0.25, -0.2) is 21.6 Å². The second kappa shape index (κ2) is 9.35. The minimum absolute atomic E-state index is 0.108. The van der Waals surface area contributed by atoms with Crippen molar-refractivity contribution in [2.24, 2.45) is 0 Å². The van der Waals surface area contributed by atoms with Crippen LogP contribution >= 0.6 is 11.3 Å². The Morgan fingerprint density at radius 2 is 1.72 bits per heavy atom. The van der Waals surface area contributed by atoms with Crippen LogP contribution in [0.4, 0.5) is 5.69 Å². The van der Waals surface area contributed by atoms with Crippen molar-refractivity contribution in [2.45, 2.75) is 34.8 Å². The van der Waals surface area contributed by atoms with Gasteiger partial charge in [-0.15, -0.1) is 11.3 Å². The zero-order valence-electron chi connectivity index (χ0n) is 15.7. The van der Waals surface area contributed by atoms with E-state index in [1.807, 2.05) is 0 Å². The molecule has 3 rings (SSSR count). The number of amides is 1. The Bertz CT molecular complexity index is 1040. The number of nitrogens with one attached hydrogen (secondary N) is 2. The van der Waals surface area contributed by atoms with E-state index < -0.39 is 32.5 Å². The molecule has 8 nitrogen and oxygen atoms in total. The third-order valence-corrected chi connectivity index (χ3v) is 9.20. The number of hydrogen-bond acceptors (Lipinski definition) is 6. The molecule has 2 aromatic rings. The quantitative estimate of drug-likeness (QED) is 0.662. The van der Waals surface area contributed by atoms with Gasteiger partial charge in [-0.1, -0.05) is 25.0 Å². The number of benzene rings is 1. The van der Waals surface area contributed by atoms with Crippen molar-refractivity contribution in [2.75, 3.05) is 25.0 Å². The molecule has 0 aliphatic carbocycles. The summed E-state index contributed by atoms with van der Waals surface area (Å²) in [6, 6.07) is 9.06. The molecule has 1 aromatic heterocycles. The monoisotopic (exact) mass is 457 g/mol. The van der Waals surface area contributed by atoms with Crippen LogP contribution in [-0.2, 0) is 24.8 Å². The first-order valence-corrected chi connectivity index (χ1v) is 13.0. The lowest BCUT2D eigenvalue weighted by atomic mass is 10.2. The van der Waals surface area contributed by atoms with Crippen LogP contribution in [0.3, 0.4) is 0 Å². The molecule has 0 saturated carbocycles. The van der Waals surface area contributed by atoms with E-state index in [1.165, 1.54) is 22.5 Å². The van der Waals surface area contributed by atoms with Crippen molar-refractivity contribution in [3.05, 3.63) is 41.8 Å². The van der Waals surface area contributed by atoms with Gasteiger partial charge in [0.15, 0.2) is 0 Å². The summed E-state index contributed by atoms with van der Waals surface area (Å²) in [5.41, 5.74) is 0.293. The summed E-state index contributed by atoms with van der Waals surface area (Å²) in [4.78, 5) is 12.3. The molecule has 0 atom stereocenters. The fraction of sp³-hybridized carbons (Fsp3) is 0.389. The van der Waals surface area contributed by atoms with E-state index in [0.717, 1.165) is 37.0 Å². The van der Waals surface area contributed by atoms with Crippen molar-refractivity contribution in [1.82, 2.24) is 9.03 Å². The summed E-state index contributed by atoms with van der Waals surface area (Å²) in [6.07, 6.45) is 3.70. The number of rotatable bonds is 7. The van der Waals surface area contributed by atoms with Crippen molar-refractivity contribution >= 4 is 43.0 Å². The van der Waals surface area contributed by atoms with Crippen LogP contribution in [0.25, 0.3) is 0 Å². The van der Waals surface area contributed by atoms with Gasteiger partial charge < -0.3 is 5.32 Å². The van der Waals surface area contributed by atoms with Crippen molar-refractivity contribution in [3.63, 3.8) is 0 Å². The molecule has 1 aliphatic heterocycles. The molecular weight excluding hydrogens is 434 g/mol. The zero-order valence-corrected chi connectivity index (χ0v) is 18.2. The smallest absolute Gasteiger partial charge is 0.250 e. The third-order valence-electron chi connectivity index (χ3n) is 4.50. The lowest BCUT2D eigenvalue weighted by molar-refractivity contribution is -0.115. The van der Waals surface area contributed by atoms with Gasteiger partial charge in [-0.05, 0) is 42.5 Å². The van der Waals surface area contributed by atoms with Gasteiger partial charge >= 0.3 is 0 Å². The van der Waals surface area contributed by atoms with Crippen molar-refractivity contribution in [3.8, 4) is 0 Å². The molecular formula is C18H23N3O5S3. The number of sulfonamides is 2. The molecule has 1 amide bonds. The molecule has 11 heteroatoms. The summed E-state index contributed by atoms with van der Waals surface area (Å²) in [6.45, 7) is 0.524. The Morgan fingerprint density at radius 3 is 2.38 bits per heavy atom. The highest BCUT2D eigenvalue weighted by Gasteiger charge is 2.25. The Labute approximate surface area is 175 Å². The van der Waals surface area contributed by atoms with Crippen LogP contribution in [0, 0.1) is 0 Å². The van der Waals surface area contributed by atoms with Crippen molar-refractivity contribution < 1.29 is 21.6 Å². The standard InChI is InChI=1S/C18H23N3O5S3/c22-17(14-19-28(23,24)18-9-6-12-27-18)20-15-7-5-8-16(13-15)29(25,26)21-10-3-1-2-4-11-21/h5-9,12-13,19H,1-4,10-11,14H2,(H,20,22). The lowest BCUT2D eigenvalue weighted by Gasteiger charge is -2.20. The van der Waals surface area contributed by atoms with Gasteiger partial charge in [0.1, 0.15) is 4.21 Å². The molecule has 0 spiro atoms. The highest BCUT2D eigenvalue weighted by Crippen LogP contribution is 2.22. The van der Waals surface area contributed by atoms with Crippen LogP contribution in [0.2, 0.25) is 0 Å². The SMILES string of the molecule is O=C(CNS(=O)(=O)c1cccs1)Nc1cccc(S(=O)(=O)N2CCCCCC2)c1. The number of anilines is 1. The molecule has 1 saturated heterocycles. The fourth-order valence-electron chi connectivity index (χ4n) is 3.02. The topological polar surface area (TPSA) is 113 Å². The Balaban J connectivity index is 1.65. The van der Waals surface area contributed by atoms with E-state index >= 15 is 0 Å². The van der Waals surface area contributed by atoms with E-state index in [2.05, 4.69) is 10.0 Å². The van der Waals surface area contributed by atoms with Gasteiger partial charge in [0.2, 0.25) is 15.9 Å². The van der Waals surface area contributed by atoms with Gasteiger partial charge in [0, 0.05) is 18.8 Å². The first-order valence-electron chi connectivity index (χ1n) is 9.22. The number of nitrogens with zero attached hydrogens (tertiary/aromatic N) is 1. The van der Waals surface area contributed by atoms with Crippen LogP contribution < -0.4 is 10.0 Å². The average Bonchev–Trinajstić information content (AvgIpc) is 3.10. The van der Waals surface area contributed by atoms with Crippen LogP contribution in [0.15, 0.2) is 50.9 Å². The maximum atomic E-state index is 12.9. The summed E-state index contributed by atoms with van der Waals surface area (Å²) >= 11 is 1.05. The molecule has 0 bridgehead atoms. The minimum Gasteiger partial charge on any atom is -0.325 e. The van der Waals surface area contributed by atoms with Gasteiger partial charge in [-0.3, -0.25) is 4.79 Å². The summed E-state index contributed by atoms with van der Waals surface area (Å²) < 4.78 is 53.8. The molecule has 158 valence electrons. The first kappa shape index (κ1) is 21.9. The van der Waals surface area contributed by atoms with Crippen LogP contribution in [-0.4, -0.2) is 46.7 Å². The normalized spacial score (nSPS) is 16.3. The lowest BCUT2D eigenvalue weighted by Crippen LogP contribution is -2.33. The highest BCUT2D eigenvalue weighted by atomic mass is 32.2. The molecule has 2 heterocycles. The predicted molar refractivity (Wildman–Crippen MR) is 112 cm³/mol. The highest BCUT2D eigenvalue weighted by molar-refractivity contribution is 7.91. The predicted octanol–water partition coefficient (Wildman–Crippen LogP) is 2.23. The van der Waals surface area contributed by atoms with Gasteiger partial charge in [0.05, 0.1) is 11.4 Å². The molecule has 1 fully saturated rings. The van der Waals surface area contributed by atoms with Crippen LogP contribution in [0.5, 0.6) is 0 Å². The average molecular weight is 458 g/mol.